The quantitative estimate of drug-likeness (QED) is 0.767. The van der Waals surface area contributed by atoms with Crippen molar-refractivity contribution in [1.82, 2.24) is 15.5 Å². The highest BCUT2D eigenvalue weighted by atomic mass is 16.1. The second-order valence-corrected chi connectivity index (χ2v) is 6.68. The number of hydrogen-bond donors (Lipinski definition) is 2. The maximum absolute atomic E-state index is 12.0. The third-order valence-electron chi connectivity index (χ3n) is 4.17. The van der Waals surface area contributed by atoms with Gasteiger partial charge in [0.15, 0.2) is 0 Å². The van der Waals surface area contributed by atoms with Crippen molar-refractivity contribution >= 4 is 5.91 Å². The summed E-state index contributed by atoms with van der Waals surface area (Å²) in [6, 6.07) is 0. The number of piperidine rings is 1. The lowest BCUT2D eigenvalue weighted by molar-refractivity contribution is -0.125. The number of likely N-dealkylation sites (tertiary alicyclic amines) is 1. The summed E-state index contributed by atoms with van der Waals surface area (Å²) in [5, 5.41) is 6.14. The van der Waals surface area contributed by atoms with Crippen LogP contribution in [0.4, 0.5) is 0 Å². The van der Waals surface area contributed by atoms with E-state index in [0.29, 0.717) is 0 Å². The Morgan fingerprint density at radius 1 is 1.47 bits per heavy atom. The molecule has 4 heteroatoms. The fraction of sp³-hybridized carbons (Fsp3) is 0.933. The molecule has 2 N–H and O–H groups in total. The van der Waals surface area contributed by atoms with Crippen LogP contribution < -0.4 is 10.6 Å². The molecule has 0 aromatic rings. The average Bonchev–Trinajstić information content (AvgIpc) is 2.36. The predicted octanol–water partition coefficient (Wildman–Crippen LogP) is 1.47. The van der Waals surface area contributed by atoms with Crippen molar-refractivity contribution in [1.29, 1.82) is 0 Å². The molecular weight excluding hydrogens is 238 g/mol. The molecule has 1 heterocycles. The van der Waals surface area contributed by atoms with Gasteiger partial charge in [0.1, 0.15) is 0 Å². The fourth-order valence-electron chi connectivity index (χ4n) is 2.73. The molecule has 0 bridgehead atoms. The molecule has 2 atom stereocenters. The van der Waals surface area contributed by atoms with E-state index >= 15 is 0 Å². The highest BCUT2D eigenvalue weighted by Crippen LogP contribution is 2.23. The number of hydrogen-bond acceptors (Lipinski definition) is 3. The molecule has 0 aliphatic carbocycles. The SMILES string of the molecule is CNCC(C)C(=O)NCC(C)(C)N1CCCC(C)C1. The largest absolute Gasteiger partial charge is 0.354 e. The average molecular weight is 269 g/mol. The number of rotatable bonds is 6. The van der Waals surface area contributed by atoms with Gasteiger partial charge < -0.3 is 10.6 Å². The molecule has 0 radical (unpaired) electrons. The van der Waals surface area contributed by atoms with Gasteiger partial charge in [-0.25, -0.2) is 0 Å². The minimum Gasteiger partial charge on any atom is -0.354 e. The van der Waals surface area contributed by atoms with Crippen molar-refractivity contribution < 1.29 is 4.79 Å². The Kier molecular flexibility index (Phi) is 6.27. The van der Waals surface area contributed by atoms with Crippen LogP contribution in [0.1, 0.15) is 40.5 Å². The zero-order valence-corrected chi connectivity index (χ0v) is 13.3. The Morgan fingerprint density at radius 3 is 2.74 bits per heavy atom. The summed E-state index contributed by atoms with van der Waals surface area (Å²) in [4.78, 5) is 14.5. The lowest BCUT2D eigenvalue weighted by atomic mass is 9.93. The number of nitrogens with zero attached hydrogens (tertiary/aromatic N) is 1. The smallest absolute Gasteiger partial charge is 0.224 e. The topological polar surface area (TPSA) is 44.4 Å². The summed E-state index contributed by atoms with van der Waals surface area (Å²) < 4.78 is 0. The Hall–Kier alpha value is -0.610. The Labute approximate surface area is 118 Å². The number of carbonyl (C=O) groups excluding carboxylic acids is 1. The Balaban J connectivity index is 2.43. The minimum absolute atomic E-state index is 0.0288. The van der Waals surface area contributed by atoms with Crippen LogP contribution in [0.25, 0.3) is 0 Å². The van der Waals surface area contributed by atoms with Crippen LogP contribution in [-0.4, -0.2) is 49.6 Å². The van der Waals surface area contributed by atoms with Gasteiger partial charge in [0.2, 0.25) is 5.91 Å². The summed E-state index contributed by atoms with van der Waals surface area (Å²) in [6.45, 7) is 12.5. The summed E-state index contributed by atoms with van der Waals surface area (Å²) in [5.41, 5.74) is 0.0453. The lowest BCUT2D eigenvalue weighted by Gasteiger charge is -2.43. The molecule has 1 aliphatic rings. The molecule has 4 nitrogen and oxygen atoms in total. The van der Waals surface area contributed by atoms with E-state index in [0.717, 1.165) is 32.1 Å². The molecule has 19 heavy (non-hydrogen) atoms. The first-order valence-electron chi connectivity index (χ1n) is 7.54. The second-order valence-electron chi connectivity index (χ2n) is 6.68. The Bertz CT molecular complexity index is 291. The van der Waals surface area contributed by atoms with E-state index in [4.69, 9.17) is 0 Å². The third-order valence-corrected chi connectivity index (χ3v) is 4.17. The molecule has 0 saturated carbocycles. The maximum Gasteiger partial charge on any atom is 0.224 e. The third kappa shape index (κ3) is 5.11. The molecule has 0 aromatic heterocycles. The van der Waals surface area contributed by atoms with E-state index in [2.05, 4.69) is 36.3 Å². The molecule has 2 unspecified atom stereocenters. The van der Waals surface area contributed by atoms with E-state index in [1.165, 1.54) is 12.8 Å². The lowest BCUT2D eigenvalue weighted by Crippen LogP contribution is -2.55. The first-order chi connectivity index (χ1) is 8.86. The van der Waals surface area contributed by atoms with Crippen molar-refractivity contribution in [2.45, 2.75) is 46.1 Å². The molecular formula is C15H31N3O. The molecule has 112 valence electrons. The molecule has 0 spiro atoms. The van der Waals surface area contributed by atoms with E-state index in [9.17, 15) is 4.79 Å². The van der Waals surface area contributed by atoms with E-state index < -0.39 is 0 Å². The van der Waals surface area contributed by atoms with Crippen LogP contribution in [0.3, 0.4) is 0 Å². The monoisotopic (exact) mass is 269 g/mol. The van der Waals surface area contributed by atoms with Gasteiger partial charge in [-0.2, -0.15) is 0 Å². The zero-order valence-electron chi connectivity index (χ0n) is 13.3. The normalized spacial score (nSPS) is 23.1. The highest BCUT2D eigenvalue weighted by Gasteiger charge is 2.30. The Morgan fingerprint density at radius 2 is 2.16 bits per heavy atom. The summed E-state index contributed by atoms with van der Waals surface area (Å²) in [7, 11) is 1.88. The second kappa shape index (κ2) is 7.25. The number of amides is 1. The highest BCUT2D eigenvalue weighted by molar-refractivity contribution is 5.78. The van der Waals surface area contributed by atoms with Gasteiger partial charge in [-0.05, 0) is 46.2 Å². The predicted molar refractivity (Wildman–Crippen MR) is 80.2 cm³/mol. The molecule has 1 amide bonds. The van der Waals surface area contributed by atoms with Crippen molar-refractivity contribution in [3.63, 3.8) is 0 Å². The molecule has 0 aromatic carbocycles. The van der Waals surface area contributed by atoms with Crippen molar-refractivity contribution in [3.05, 3.63) is 0 Å². The first-order valence-corrected chi connectivity index (χ1v) is 7.54. The van der Waals surface area contributed by atoms with Gasteiger partial charge >= 0.3 is 0 Å². The maximum atomic E-state index is 12.0. The van der Waals surface area contributed by atoms with Crippen molar-refractivity contribution in [2.24, 2.45) is 11.8 Å². The fourth-order valence-corrected chi connectivity index (χ4v) is 2.73. The minimum atomic E-state index is 0.0288. The van der Waals surface area contributed by atoms with Crippen molar-refractivity contribution in [2.75, 3.05) is 33.2 Å². The van der Waals surface area contributed by atoms with Crippen LogP contribution in [0, 0.1) is 11.8 Å². The molecule has 1 rings (SSSR count). The van der Waals surface area contributed by atoms with E-state index in [1.807, 2.05) is 14.0 Å². The van der Waals surface area contributed by atoms with Crippen LogP contribution >= 0.6 is 0 Å². The van der Waals surface area contributed by atoms with Gasteiger partial charge in [-0.15, -0.1) is 0 Å². The molecule has 1 fully saturated rings. The number of nitrogens with one attached hydrogen (secondary N) is 2. The van der Waals surface area contributed by atoms with Gasteiger partial charge in [-0.3, -0.25) is 9.69 Å². The van der Waals surface area contributed by atoms with Gasteiger partial charge in [0.25, 0.3) is 0 Å². The van der Waals surface area contributed by atoms with E-state index in [1.54, 1.807) is 0 Å². The molecule has 1 aliphatic heterocycles. The summed E-state index contributed by atoms with van der Waals surface area (Å²) >= 11 is 0. The van der Waals surface area contributed by atoms with Crippen LogP contribution in [0.5, 0.6) is 0 Å². The van der Waals surface area contributed by atoms with E-state index in [-0.39, 0.29) is 17.4 Å². The summed E-state index contributed by atoms with van der Waals surface area (Å²) in [6.07, 6.45) is 2.60. The van der Waals surface area contributed by atoms with Gasteiger partial charge in [0.05, 0.1) is 0 Å². The molecule has 1 saturated heterocycles. The first kappa shape index (κ1) is 16.4. The van der Waals surface area contributed by atoms with Crippen LogP contribution in [0.15, 0.2) is 0 Å². The van der Waals surface area contributed by atoms with Crippen molar-refractivity contribution in [3.8, 4) is 0 Å². The van der Waals surface area contributed by atoms with Gasteiger partial charge in [0, 0.05) is 31.1 Å². The van der Waals surface area contributed by atoms with Crippen LogP contribution in [0.2, 0.25) is 0 Å². The zero-order chi connectivity index (χ0) is 14.5. The summed E-state index contributed by atoms with van der Waals surface area (Å²) in [5.74, 6) is 0.945. The standard InChI is InChI=1S/C15H31N3O/c1-12-7-6-8-18(10-12)15(3,4)11-17-14(19)13(2)9-16-5/h12-13,16H,6-11H2,1-5H3,(H,17,19). The van der Waals surface area contributed by atoms with Gasteiger partial charge in [-0.1, -0.05) is 13.8 Å². The van der Waals surface area contributed by atoms with Crippen LogP contribution in [-0.2, 0) is 4.79 Å². The number of carbonyl (C=O) groups is 1.